The molecule has 1 heterocycles. The molecule has 4 nitrogen and oxygen atoms in total. The van der Waals surface area contributed by atoms with Crippen LogP contribution in [0.25, 0.3) is 0 Å². The van der Waals surface area contributed by atoms with Crippen LogP contribution in [0.4, 0.5) is 0 Å². The molecule has 0 unspecified atom stereocenters. The van der Waals surface area contributed by atoms with Crippen LogP contribution in [0.3, 0.4) is 0 Å². The Morgan fingerprint density at radius 2 is 2.05 bits per heavy atom. The highest BCUT2D eigenvalue weighted by Gasteiger charge is 2.50. The van der Waals surface area contributed by atoms with Crippen LogP contribution in [-0.2, 0) is 16.8 Å². The number of ether oxygens (including phenoxy) is 1. The van der Waals surface area contributed by atoms with Gasteiger partial charge in [0.25, 0.3) is 0 Å². The van der Waals surface area contributed by atoms with Gasteiger partial charge in [-0.25, -0.2) is 4.98 Å². The lowest BCUT2D eigenvalue weighted by Gasteiger charge is -2.15. The molecule has 1 amide bonds. The van der Waals surface area contributed by atoms with Gasteiger partial charge < -0.3 is 10.1 Å². The number of hydrogen-bond donors (Lipinski definition) is 1. The first-order valence-corrected chi connectivity index (χ1v) is 7.07. The van der Waals surface area contributed by atoms with Gasteiger partial charge in [0.1, 0.15) is 0 Å². The number of carbonyl (C=O) groups is 1. The number of rotatable bonds is 5. The zero-order valence-corrected chi connectivity index (χ0v) is 12.0. The van der Waals surface area contributed by atoms with Gasteiger partial charge in [0.05, 0.1) is 12.5 Å². The van der Waals surface area contributed by atoms with Gasteiger partial charge in [0, 0.05) is 18.8 Å². The Balaban J connectivity index is 1.67. The topological polar surface area (TPSA) is 51.2 Å². The van der Waals surface area contributed by atoms with Crippen molar-refractivity contribution in [3.05, 3.63) is 59.8 Å². The van der Waals surface area contributed by atoms with Crippen molar-refractivity contribution in [2.45, 2.75) is 24.8 Å². The first-order chi connectivity index (χ1) is 10.2. The van der Waals surface area contributed by atoms with Crippen LogP contribution in [0.1, 0.15) is 24.0 Å². The molecule has 1 fully saturated rings. The van der Waals surface area contributed by atoms with E-state index in [1.165, 1.54) is 0 Å². The molecule has 1 saturated carbocycles. The Kier molecular flexibility index (Phi) is 3.60. The molecule has 0 radical (unpaired) electrons. The van der Waals surface area contributed by atoms with E-state index >= 15 is 0 Å². The van der Waals surface area contributed by atoms with Crippen LogP contribution in [0.5, 0.6) is 5.88 Å². The van der Waals surface area contributed by atoms with Gasteiger partial charge in [-0.05, 0) is 30.0 Å². The summed E-state index contributed by atoms with van der Waals surface area (Å²) < 4.78 is 5.09. The average Bonchev–Trinajstić information content (AvgIpc) is 3.35. The number of nitrogens with one attached hydrogen (secondary N) is 1. The van der Waals surface area contributed by atoms with Crippen molar-refractivity contribution in [2.24, 2.45) is 0 Å². The van der Waals surface area contributed by atoms with E-state index in [1.54, 1.807) is 13.3 Å². The number of carbonyl (C=O) groups excluding carboxylic acids is 1. The monoisotopic (exact) mass is 282 g/mol. The van der Waals surface area contributed by atoms with E-state index in [4.69, 9.17) is 4.74 Å². The van der Waals surface area contributed by atoms with Crippen molar-refractivity contribution in [3.8, 4) is 5.88 Å². The maximum absolute atomic E-state index is 12.5. The van der Waals surface area contributed by atoms with Crippen LogP contribution < -0.4 is 10.1 Å². The third-order valence-electron chi connectivity index (χ3n) is 3.97. The van der Waals surface area contributed by atoms with Gasteiger partial charge in [0.2, 0.25) is 11.8 Å². The second-order valence-corrected chi connectivity index (χ2v) is 5.34. The first kappa shape index (κ1) is 13.6. The molecule has 1 aliphatic rings. The number of pyridine rings is 1. The summed E-state index contributed by atoms with van der Waals surface area (Å²) in [4.78, 5) is 16.6. The predicted octanol–water partition coefficient (Wildman–Crippen LogP) is 2.44. The summed E-state index contributed by atoms with van der Waals surface area (Å²) in [5, 5.41) is 3.03. The molecule has 3 rings (SSSR count). The molecule has 0 saturated heterocycles. The Labute approximate surface area is 124 Å². The van der Waals surface area contributed by atoms with Crippen molar-refractivity contribution in [2.75, 3.05) is 7.11 Å². The fourth-order valence-corrected chi connectivity index (χ4v) is 2.55. The fourth-order valence-electron chi connectivity index (χ4n) is 2.55. The number of methoxy groups -OCH3 is 1. The van der Waals surface area contributed by atoms with Gasteiger partial charge in [0.15, 0.2) is 0 Å². The number of amides is 1. The minimum absolute atomic E-state index is 0.101. The second-order valence-electron chi connectivity index (χ2n) is 5.34. The van der Waals surface area contributed by atoms with Gasteiger partial charge in [-0.2, -0.15) is 0 Å². The molecule has 21 heavy (non-hydrogen) atoms. The molecule has 0 bridgehead atoms. The molecule has 1 aromatic carbocycles. The molecule has 1 aromatic heterocycles. The Bertz CT molecular complexity index is 636. The second kappa shape index (κ2) is 5.56. The number of benzene rings is 1. The highest BCUT2D eigenvalue weighted by molar-refractivity contribution is 5.91. The summed E-state index contributed by atoms with van der Waals surface area (Å²) in [5.74, 6) is 0.662. The lowest BCUT2D eigenvalue weighted by atomic mass is 9.95. The summed E-state index contributed by atoms with van der Waals surface area (Å²) in [5.41, 5.74) is 1.77. The molecule has 0 atom stereocenters. The standard InChI is InChI=1S/C17H18N2O2/c1-21-15-11-13(7-10-18-15)12-19-16(20)17(8-9-17)14-5-3-2-4-6-14/h2-7,10-11H,8-9,12H2,1H3,(H,19,20). The minimum atomic E-state index is -0.321. The summed E-state index contributed by atoms with van der Waals surface area (Å²) in [6.45, 7) is 0.492. The predicted molar refractivity (Wildman–Crippen MR) is 80.0 cm³/mol. The minimum Gasteiger partial charge on any atom is -0.481 e. The molecule has 1 aliphatic carbocycles. The van der Waals surface area contributed by atoms with Crippen LogP contribution in [0.15, 0.2) is 48.7 Å². The summed E-state index contributed by atoms with van der Waals surface area (Å²) in [6, 6.07) is 13.7. The highest BCUT2D eigenvalue weighted by Crippen LogP contribution is 2.48. The van der Waals surface area contributed by atoms with E-state index in [-0.39, 0.29) is 11.3 Å². The summed E-state index contributed by atoms with van der Waals surface area (Å²) in [7, 11) is 1.58. The molecule has 2 aromatic rings. The van der Waals surface area contributed by atoms with E-state index < -0.39 is 0 Å². The smallest absolute Gasteiger partial charge is 0.230 e. The van der Waals surface area contributed by atoms with Crippen molar-refractivity contribution in [1.82, 2.24) is 10.3 Å². The van der Waals surface area contributed by atoms with E-state index in [0.717, 1.165) is 24.0 Å². The molecule has 1 N–H and O–H groups in total. The Morgan fingerprint density at radius 3 is 2.71 bits per heavy atom. The molecule has 4 heteroatoms. The van der Waals surface area contributed by atoms with Crippen molar-refractivity contribution < 1.29 is 9.53 Å². The van der Waals surface area contributed by atoms with Crippen LogP contribution >= 0.6 is 0 Å². The highest BCUT2D eigenvalue weighted by atomic mass is 16.5. The zero-order chi connectivity index (χ0) is 14.7. The zero-order valence-electron chi connectivity index (χ0n) is 12.0. The Morgan fingerprint density at radius 1 is 1.29 bits per heavy atom. The van der Waals surface area contributed by atoms with Crippen molar-refractivity contribution in [3.63, 3.8) is 0 Å². The maximum Gasteiger partial charge on any atom is 0.230 e. The maximum atomic E-state index is 12.5. The summed E-state index contributed by atoms with van der Waals surface area (Å²) >= 11 is 0. The van der Waals surface area contributed by atoms with E-state index in [2.05, 4.69) is 10.3 Å². The molecule has 0 spiro atoms. The largest absolute Gasteiger partial charge is 0.481 e. The van der Waals surface area contributed by atoms with Gasteiger partial charge in [-0.1, -0.05) is 30.3 Å². The van der Waals surface area contributed by atoms with Crippen molar-refractivity contribution in [1.29, 1.82) is 0 Å². The van der Waals surface area contributed by atoms with Gasteiger partial charge in [-0.3, -0.25) is 4.79 Å². The number of aromatic nitrogens is 1. The Hall–Kier alpha value is -2.36. The SMILES string of the molecule is COc1cc(CNC(=O)C2(c3ccccc3)CC2)ccn1. The average molecular weight is 282 g/mol. The first-order valence-electron chi connectivity index (χ1n) is 7.07. The number of hydrogen-bond acceptors (Lipinski definition) is 3. The van der Waals surface area contributed by atoms with E-state index in [9.17, 15) is 4.79 Å². The third-order valence-corrected chi connectivity index (χ3v) is 3.97. The quantitative estimate of drug-likeness (QED) is 0.916. The van der Waals surface area contributed by atoms with Crippen LogP contribution in [0, 0.1) is 0 Å². The van der Waals surface area contributed by atoms with Crippen LogP contribution in [-0.4, -0.2) is 18.0 Å². The molecule has 0 aliphatic heterocycles. The molecular weight excluding hydrogens is 264 g/mol. The van der Waals surface area contributed by atoms with Crippen molar-refractivity contribution >= 4 is 5.91 Å². The lowest BCUT2D eigenvalue weighted by molar-refractivity contribution is -0.123. The van der Waals surface area contributed by atoms with Gasteiger partial charge in [-0.15, -0.1) is 0 Å². The third kappa shape index (κ3) is 2.75. The molecular formula is C17H18N2O2. The van der Waals surface area contributed by atoms with Crippen LogP contribution in [0.2, 0.25) is 0 Å². The number of nitrogens with zero attached hydrogens (tertiary/aromatic N) is 1. The fraction of sp³-hybridized carbons (Fsp3) is 0.294. The van der Waals surface area contributed by atoms with Gasteiger partial charge >= 0.3 is 0 Å². The van der Waals surface area contributed by atoms with E-state index in [1.807, 2.05) is 42.5 Å². The summed E-state index contributed by atoms with van der Waals surface area (Å²) in [6.07, 6.45) is 3.52. The normalized spacial score (nSPS) is 15.3. The van der Waals surface area contributed by atoms with E-state index in [0.29, 0.717) is 12.4 Å². The molecule has 108 valence electrons. The lowest BCUT2D eigenvalue weighted by Crippen LogP contribution is -2.34.